The molecular weight excluding hydrogens is 341 g/mol. The fraction of sp³-hybridized carbons (Fsp3) is 0.381. The van der Waals surface area contributed by atoms with Gasteiger partial charge >= 0.3 is 0 Å². The number of likely N-dealkylation sites (N-methyl/N-ethyl adjacent to an activating group) is 1. The Hall–Kier alpha value is -3.14. The third kappa shape index (κ3) is 2.16. The molecule has 5 nitrogen and oxygen atoms in total. The summed E-state index contributed by atoms with van der Waals surface area (Å²) in [6.07, 6.45) is 3.88. The lowest BCUT2D eigenvalue weighted by atomic mass is 9.56. The minimum Gasteiger partial charge on any atom is -0.399 e. The summed E-state index contributed by atoms with van der Waals surface area (Å²) in [7, 11) is 2.02. The number of nitrogens with two attached hydrogens (primary N) is 1. The van der Waals surface area contributed by atoms with E-state index in [4.69, 9.17) is 5.73 Å². The first-order valence-corrected chi connectivity index (χ1v) is 8.90. The molecule has 2 bridgehead atoms. The zero-order valence-corrected chi connectivity index (χ0v) is 14.9. The molecule has 2 unspecified atom stereocenters. The van der Waals surface area contributed by atoms with E-state index in [1.54, 1.807) is 12.1 Å². The molecule has 1 aromatic carbocycles. The van der Waals surface area contributed by atoms with Crippen LogP contribution in [-0.4, -0.2) is 24.0 Å². The van der Waals surface area contributed by atoms with Crippen LogP contribution in [0.15, 0.2) is 47.2 Å². The zero-order valence-electron chi connectivity index (χ0n) is 14.9. The van der Waals surface area contributed by atoms with Crippen LogP contribution in [0, 0.1) is 51.1 Å². The molecule has 1 aromatic rings. The monoisotopic (exact) mass is 359 g/mol. The van der Waals surface area contributed by atoms with Crippen molar-refractivity contribution in [3.8, 4) is 18.2 Å². The maximum atomic E-state index is 14.0. The van der Waals surface area contributed by atoms with Crippen molar-refractivity contribution in [3.63, 3.8) is 0 Å². The molecule has 134 valence electrons. The van der Waals surface area contributed by atoms with Crippen LogP contribution in [0.25, 0.3) is 0 Å². The van der Waals surface area contributed by atoms with Gasteiger partial charge in [0.15, 0.2) is 5.41 Å². The number of nitrogens with zero attached hydrogens (tertiary/aromatic N) is 4. The van der Waals surface area contributed by atoms with E-state index in [1.807, 2.05) is 13.1 Å². The normalized spacial score (nSPS) is 31.3. The Labute approximate surface area is 157 Å². The van der Waals surface area contributed by atoms with E-state index in [9.17, 15) is 20.2 Å². The van der Waals surface area contributed by atoms with Crippen LogP contribution >= 0.6 is 0 Å². The quantitative estimate of drug-likeness (QED) is 0.831. The van der Waals surface area contributed by atoms with E-state index in [1.165, 1.54) is 12.1 Å². The summed E-state index contributed by atoms with van der Waals surface area (Å²) < 4.78 is 14.0. The molecule has 1 saturated heterocycles. The number of fused-ring (bicyclic) bond motifs is 4. The van der Waals surface area contributed by atoms with Gasteiger partial charge in [-0.05, 0) is 43.2 Å². The predicted octanol–water partition coefficient (Wildman–Crippen LogP) is 2.71. The highest BCUT2D eigenvalue weighted by molar-refractivity contribution is 5.60. The highest BCUT2D eigenvalue weighted by atomic mass is 19.1. The highest BCUT2D eigenvalue weighted by Gasteiger charge is 2.58. The van der Waals surface area contributed by atoms with Crippen LogP contribution in [0.3, 0.4) is 0 Å². The van der Waals surface area contributed by atoms with Gasteiger partial charge in [-0.25, -0.2) is 4.39 Å². The molecule has 1 fully saturated rings. The molecule has 0 radical (unpaired) electrons. The second kappa shape index (κ2) is 5.95. The number of hydrogen-bond acceptors (Lipinski definition) is 5. The van der Waals surface area contributed by atoms with Gasteiger partial charge in [0.05, 0.1) is 23.4 Å². The number of allylic oxidation sites excluding steroid dienone is 2. The average molecular weight is 359 g/mol. The summed E-state index contributed by atoms with van der Waals surface area (Å²) >= 11 is 0. The lowest BCUT2D eigenvalue weighted by Gasteiger charge is -2.48. The first kappa shape index (κ1) is 17.3. The van der Waals surface area contributed by atoms with Crippen molar-refractivity contribution in [2.24, 2.45) is 17.1 Å². The largest absolute Gasteiger partial charge is 0.399 e. The van der Waals surface area contributed by atoms with Crippen LogP contribution in [0.2, 0.25) is 0 Å². The first-order valence-electron chi connectivity index (χ1n) is 8.90. The maximum absolute atomic E-state index is 14.0. The molecule has 2 N–H and O–H groups in total. The van der Waals surface area contributed by atoms with Gasteiger partial charge in [-0.15, -0.1) is 0 Å². The van der Waals surface area contributed by atoms with Gasteiger partial charge in [0.25, 0.3) is 0 Å². The molecule has 0 spiro atoms. The molecule has 2 aliphatic heterocycles. The van der Waals surface area contributed by atoms with Crippen LogP contribution < -0.4 is 5.73 Å². The zero-order chi connectivity index (χ0) is 19.3. The minimum atomic E-state index is -1.71. The lowest BCUT2D eigenvalue weighted by molar-refractivity contribution is 0.160. The molecular formula is C21H18FN5. The van der Waals surface area contributed by atoms with Gasteiger partial charge in [0.1, 0.15) is 11.9 Å². The van der Waals surface area contributed by atoms with Crippen molar-refractivity contribution >= 4 is 0 Å². The standard InChI is InChI=1S/C21H18FN5/c1-27-14-5-6-17(27)18-15(8-14)16(9-23)20(26)21(10-24,11-25)19(18)12-3-2-4-13(22)7-12/h2-4,7-8,14,17-19H,5-6,26H2,1H3/t14?,17?,18-,19-/m0/s1. The molecule has 0 saturated carbocycles. The molecule has 4 atom stereocenters. The number of benzene rings is 1. The van der Waals surface area contributed by atoms with E-state index in [0.717, 1.165) is 18.4 Å². The molecule has 27 heavy (non-hydrogen) atoms. The number of hydrogen-bond donors (Lipinski definition) is 1. The predicted molar refractivity (Wildman–Crippen MR) is 95.8 cm³/mol. The molecule has 1 aliphatic carbocycles. The fourth-order valence-electron chi connectivity index (χ4n) is 5.16. The van der Waals surface area contributed by atoms with Gasteiger partial charge in [0, 0.05) is 23.9 Å². The van der Waals surface area contributed by atoms with E-state index in [0.29, 0.717) is 5.56 Å². The Morgan fingerprint density at radius 1 is 1.22 bits per heavy atom. The van der Waals surface area contributed by atoms with E-state index in [-0.39, 0.29) is 29.3 Å². The Kier molecular flexibility index (Phi) is 3.81. The molecule has 3 aliphatic rings. The van der Waals surface area contributed by atoms with Crippen LogP contribution in [-0.2, 0) is 0 Å². The smallest absolute Gasteiger partial charge is 0.191 e. The molecule has 2 heterocycles. The van der Waals surface area contributed by atoms with Crippen molar-refractivity contribution in [3.05, 3.63) is 58.6 Å². The third-order valence-electron chi connectivity index (χ3n) is 6.43. The van der Waals surface area contributed by atoms with Gasteiger partial charge in [-0.1, -0.05) is 18.2 Å². The van der Waals surface area contributed by atoms with E-state index < -0.39 is 17.2 Å². The highest BCUT2D eigenvalue weighted by Crippen LogP contribution is 2.58. The Balaban J connectivity index is 2.06. The number of nitriles is 3. The Morgan fingerprint density at radius 3 is 2.59 bits per heavy atom. The van der Waals surface area contributed by atoms with Crippen LogP contribution in [0.4, 0.5) is 4.39 Å². The molecule has 6 heteroatoms. The van der Waals surface area contributed by atoms with Crippen LogP contribution in [0.1, 0.15) is 24.3 Å². The Bertz CT molecular complexity index is 989. The fourth-order valence-corrected chi connectivity index (χ4v) is 5.16. The molecule has 0 amide bonds. The van der Waals surface area contributed by atoms with Crippen molar-refractivity contribution in [1.29, 1.82) is 15.8 Å². The number of rotatable bonds is 1. The summed E-state index contributed by atoms with van der Waals surface area (Å²) in [4.78, 5) is 2.23. The van der Waals surface area contributed by atoms with E-state index in [2.05, 4.69) is 23.1 Å². The number of halogens is 1. The summed E-state index contributed by atoms with van der Waals surface area (Å²) in [6.45, 7) is 0. The van der Waals surface area contributed by atoms with Crippen molar-refractivity contribution < 1.29 is 4.39 Å². The molecule has 4 rings (SSSR count). The maximum Gasteiger partial charge on any atom is 0.191 e. The molecule has 0 aromatic heterocycles. The van der Waals surface area contributed by atoms with Crippen molar-refractivity contribution in [1.82, 2.24) is 4.90 Å². The van der Waals surface area contributed by atoms with E-state index >= 15 is 0 Å². The average Bonchev–Trinajstić information content (AvgIpc) is 2.90. The van der Waals surface area contributed by atoms with Gasteiger partial charge < -0.3 is 5.73 Å². The first-order chi connectivity index (χ1) is 13.0. The lowest BCUT2D eigenvalue weighted by Crippen LogP contribution is -2.51. The summed E-state index contributed by atoms with van der Waals surface area (Å²) in [5, 5.41) is 29.8. The van der Waals surface area contributed by atoms with Gasteiger partial charge in [0.2, 0.25) is 0 Å². The third-order valence-corrected chi connectivity index (χ3v) is 6.43. The van der Waals surface area contributed by atoms with Gasteiger partial charge in [-0.2, -0.15) is 15.8 Å². The van der Waals surface area contributed by atoms with Crippen LogP contribution in [0.5, 0.6) is 0 Å². The summed E-state index contributed by atoms with van der Waals surface area (Å²) in [5.41, 5.74) is 6.14. The van der Waals surface area contributed by atoms with Gasteiger partial charge in [-0.3, -0.25) is 4.90 Å². The summed E-state index contributed by atoms with van der Waals surface area (Å²) in [6, 6.07) is 12.6. The second-order valence-electron chi connectivity index (χ2n) is 7.49. The second-order valence-corrected chi connectivity index (χ2v) is 7.49. The SMILES string of the molecule is CN1C2C=C3C(C#N)=C(N)C(C#N)(C#N)[C@@H](c4cccc(F)c4)[C@@H]3C1CC2. The van der Waals surface area contributed by atoms with Crippen molar-refractivity contribution in [2.75, 3.05) is 7.05 Å². The van der Waals surface area contributed by atoms with Crippen molar-refractivity contribution in [2.45, 2.75) is 30.8 Å². The summed E-state index contributed by atoms with van der Waals surface area (Å²) in [5.74, 6) is -1.33. The topological polar surface area (TPSA) is 101 Å². The minimum absolute atomic E-state index is 0.0179. The Morgan fingerprint density at radius 2 is 1.96 bits per heavy atom.